The molecule has 1 aliphatic carbocycles. The molecule has 0 aromatic heterocycles. The number of rotatable bonds is 5. The third kappa shape index (κ3) is 4.37. The lowest BCUT2D eigenvalue weighted by molar-refractivity contribution is 0.205. The second kappa shape index (κ2) is 6.82. The normalized spacial score (nSPS) is 13.9. The predicted octanol–water partition coefficient (Wildman–Crippen LogP) is 4.25. The zero-order valence-electron chi connectivity index (χ0n) is 12.4. The molecule has 0 atom stereocenters. The van der Waals surface area contributed by atoms with E-state index >= 15 is 0 Å². The summed E-state index contributed by atoms with van der Waals surface area (Å²) in [6, 6.07) is 7.24. The number of nitrogens with zero attached hydrogens (tertiary/aromatic N) is 2. The van der Waals surface area contributed by atoms with E-state index in [4.69, 9.17) is 16.9 Å². The lowest BCUT2D eigenvalue weighted by Crippen LogP contribution is -2.38. The van der Waals surface area contributed by atoms with E-state index in [2.05, 4.69) is 19.2 Å². The van der Waals surface area contributed by atoms with Crippen molar-refractivity contribution in [2.45, 2.75) is 39.2 Å². The summed E-state index contributed by atoms with van der Waals surface area (Å²) < 4.78 is 0. The first-order valence-corrected chi connectivity index (χ1v) is 7.66. The Labute approximate surface area is 130 Å². The highest BCUT2D eigenvalue weighted by atomic mass is 35.5. The van der Waals surface area contributed by atoms with Gasteiger partial charge in [0.15, 0.2) is 0 Å². The number of benzene rings is 1. The predicted molar refractivity (Wildman–Crippen MR) is 84.4 cm³/mol. The fourth-order valence-corrected chi connectivity index (χ4v) is 2.28. The number of nitriles is 1. The molecule has 0 heterocycles. The highest BCUT2D eigenvalue weighted by Crippen LogP contribution is 2.28. The number of carbonyl (C=O) groups is 1. The van der Waals surface area contributed by atoms with Crippen LogP contribution in [0.2, 0.25) is 5.02 Å². The van der Waals surface area contributed by atoms with Crippen LogP contribution >= 0.6 is 11.6 Å². The van der Waals surface area contributed by atoms with Gasteiger partial charge in [-0.3, -0.25) is 0 Å². The molecule has 5 heteroatoms. The summed E-state index contributed by atoms with van der Waals surface area (Å²) in [6.45, 7) is 5.08. The minimum Gasteiger partial charge on any atom is -0.322 e. The Morgan fingerprint density at radius 1 is 1.52 bits per heavy atom. The summed E-state index contributed by atoms with van der Waals surface area (Å²) in [5.41, 5.74) is 0.978. The van der Waals surface area contributed by atoms with Gasteiger partial charge in [-0.1, -0.05) is 25.4 Å². The van der Waals surface area contributed by atoms with Crippen LogP contribution < -0.4 is 5.32 Å². The number of amides is 2. The Morgan fingerprint density at radius 3 is 2.81 bits per heavy atom. The van der Waals surface area contributed by atoms with Gasteiger partial charge in [-0.05, 0) is 43.4 Å². The molecule has 1 fully saturated rings. The smallest absolute Gasteiger partial charge is 0.322 e. The van der Waals surface area contributed by atoms with Crippen molar-refractivity contribution in [3.05, 3.63) is 28.8 Å². The molecule has 1 aliphatic rings. The highest BCUT2D eigenvalue weighted by molar-refractivity contribution is 6.31. The Balaban J connectivity index is 2.03. The van der Waals surface area contributed by atoms with Gasteiger partial charge in [0.1, 0.15) is 6.07 Å². The monoisotopic (exact) mass is 305 g/mol. The lowest BCUT2D eigenvalue weighted by atomic mass is 10.1. The van der Waals surface area contributed by atoms with Crippen LogP contribution in [0.3, 0.4) is 0 Å². The molecule has 4 nitrogen and oxygen atoms in total. The van der Waals surface area contributed by atoms with E-state index in [0.29, 0.717) is 28.2 Å². The molecule has 0 spiro atoms. The first-order valence-electron chi connectivity index (χ1n) is 7.28. The Morgan fingerprint density at radius 2 is 2.24 bits per heavy atom. The van der Waals surface area contributed by atoms with Gasteiger partial charge in [0.25, 0.3) is 0 Å². The molecule has 21 heavy (non-hydrogen) atoms. The topological polar surface area (TPSA) is 56.1 Å². The van der Waals surface area contributed by atoms with Crippen molar-refractivity contribution in [1.29, 1.82) is 5.26 Å². The first kappa shape index (κ1) is 15.7. The van der Waals surface area contributed by atoms with Gasteiger partial charge in [-0.15, -0.1) is 0 Å². The molecular weight excluding hydrogens is 286 g/mol. The molecule has 0 unspecified atom stereocenters. The summed E-state index contributed by atoms with van der Waals surface area (Å²) in [5.74, 6) is 0.569. The molecule has 2 amide bonds. The Bertz CT molecular complexity index is 561. The average Bonchev–Trinajstić information content (AvgIpc) is 3.25. The van der Waals surface area contributed by atoms with Gasteiger partial charge < -0.3 is 10.2 Å². The maximum Gasteiger partial charge on any atom is 0.322 e. The molecular formula is C16H20ClN3O. The first-order chi connectivity index (χ1) is 10.0. The number of urea groups is 1. The zero-order valence-corrected chi connectivity index (χ0v) is 13.2. The van der Waals surface area contributed by atoms with Gasteiger partial charge in [-0.2, -0.15) is 5.26 Å². The molecule has 1 aromatic carbocycles. The SMILES string of the molecule is CC(C)CCN(C(=O)Nc1ccc(Cl)c(C#N)c1)C1CC1. The fraction of sp³-hybridized carbons (Fsp3) is 0.500. The van der Waals surface area contributed by atoms with Gasteiger partial charge in [0, 0.05) is 18.3 Å². The number of carbonyl (C=O) groups excluding carboxylic acids is 1. The molecule has 1 N–H and O–H groups in total. The standard InChI is InChI=1S/C16H20ClN3O/c1-11(2)7-8-20(14-4-5-14)16(21)19-13-3-6-15(17)12(9-13)10-18/h3,6,9,11,14H,4-5,7-8H2,1-2H3,(H,19,21). The minimum atomic E-state index is -0.0932. The van der Waals surface area contributed by atoms with Crippen LogP contribution in [-0.4, -0.2) is 23.5 Å². The second-order valence-electron chi connectivity index (χ2n) is 5.84. The van der Waals surface area contributed by atoms with Crippen molar-refractivity contribution in [2.24, 2.45) is 5.92 Å². The Kier molecular flexibility index (Phi) is 5.08. The van der Waals surface area contributed by atoms with Crippen LogP contribution in [0.15, 0.2) is 18.2 Å². The van der Waals surface area contributed by atoms with Crippen LogP contribution in [0.5, 0.6) is 0 Å². The quantitative estimate of drug-likeness (QED) is 0.884. The van der Waals surface area contributed by atoms with Crippen molar-refractivity contribution >= 4 is 23.3 Å². The van der Waals surface area contributed by atoms with Crippen molar-refractivity contribution in [3.63, 3.8) is 0 Å². The molecule has 2 rings (SSSR count). The lowest BCUT2D eigenvalue weighted by Gasteiger charge is -2.23. The minimum absolute atomic E-state index is 0.0932. The van der Waals surface area contributed by atoms with Gasteiger partial charge in [-0.25, -0.2) is 4.79 Å². The summed E-state index contributed by atoms with van der Waals surface area (Å²) in [5, 5.41) is 12.2. The Hall–Kier alpha value is -1.73. The number of hydrogen-bond donors (Lipinski definition) is 1. The van der Waals surface area contributed by atoms with E-state index in [0.717, 1.165) is 25.8 Å². The zero-order chi connectivity index (χ0) is 15.4. The van der Waals surface area contributed by atoms with Gasteiger partial charge in [0.05, 0.1) is 10.6 Å². The maximum atomic E-state index is 12.4. The summed E-state index contributed by atoms with van der Waals surface area (Å²) in [6.07, 6.45) is 3.15. The summed E-state index contributed by atoms with van der Waals surface area (Å²) in [7, 11) is 0. The number of anilines is 1. The van der Waals surface area contributed by atoms with Crippen LogP contribution in [0.4, 0.5) is 10.5 Å². The van der Waals surface area contributed by atoms with E-state index in [-0.39, 0.29) is 6.03 Å². The van der Waals surface area contributed by atoms with Gasteiger partial charge in [0.2, 0.25) is 0 Å². The largest absolute Gasteiger partial charge is 0.322 e. The fourth-order valence-electron chi connectivity index (χ4n) is 2.12. The van der Waals surface area contributed by atoms with E-state index in [1.54, 1.807) is 18.2 Å². The number of nitrogens with one attached hydrogen (secondary N) is 1. The van der Waals surface area contributed by atoms with Crippen LogP contribution in [0.1, 0.15) is 38.7 Å². The van der Waals surface area contributed by atoms with Crippen LogP contribution in [0, 0.1) is 17.2 Å². The van der Waals surface area contributed by atoms with E-state index in [9.17, 15) is 4.79 Å². The number of halogens is 1. The van der Waals surface area contributed by atoms with Crippen molar-refractivity contribution in [3.8, 4) is 6.07 Å². The average molecular weight is 306 g/mol. The van der Waals surface area contributed by atoms with Gasteiger partial charge >= 0.3 is 6.03 Å². The van der Waals surface area contributed by atoms with Crippen molar-refractivity contribution in [2.75, 3.05) is 11.9 Å². The molecule has 0 bridgehead atoms. The van der Waals surface area contributed by atoms with E-state index in [1.807, 2.05) is 11.0 Å². The molecule has 0 aliphatic heterocycles. The molecule has 112 valence electrons. The van der Waals surface area contributed by atoms with Crippen LogP contribution in [0.25, 0.3) is 0 Å². The third-order valence-electron chi connectivity index (χ3n) is 3.53. The van der Waals surface area contributed by atoms with E-state index < -0.39 is 0 Å². The van der Waals surface area contributed by atoms with Crippen molar-refractivity contribution < 1.29 is 4.79 Å². The number of hydrogen-bond acceptors (Lipinski definition) is 2. The molecule has 0 saturated heterocycles. The van der Waals surface area contributed by atoms with Crippen LogP contribution in [-0.2, 0) is 0 Å². The molecule has 0 radical (unpaired) electrons. The second-order valence-corrected chi connectivity index (χ2v) is 6.25. The third-order valence-corrected chi connectivity index (χ3v) is 3.86. The highest BCUT2D eigenvalue weighted by Gasteiger charge is 2.32. The van der Waals surface area contributed by atoms with Crippen molar-refractivity contribution in [1.82, 2.24) is 4.90 Å². The summed E-state index contributed by atoms with van der Waals surface area (Å²) in [4.78, 5) is 14.3. The maximum absolute atomic E-state index is 12.4. The molecule has 1 aromatic rings. The summed E-state index contributed by atoms with van der Waals surface area (Å²) >= 11 is 5.89. The van der Waals surface area contributed by atoms with E-state index in [1.165, 1.54) is 0 Å². The molecule has 1 saturated carbocycles.